The van der Waals surface area contributed by atoms with Gasteiger partial charge in [0, 0.05) is 12.1 Å². The number of methoxy groups -OCH3 is 2. The summed E-state index contributed by atoms with van der Waals surface area (Å²) in [7, 11) is 3.19. The quantitative estimate of drug-likeness (QED) is 0.844. The van der Waals surface area contributed by atoms with Crippen LogP contribution in [0.25, 0.3) is 11.4 Å². The Balaban J connectivity index is 2.28. The molecule has 114 valence electrons. The molecule has 0 radical (unpaired) electrons. The number of benzene rings is 1. The molecule has 1 aromatic heterocycles. The van der Waals surface area contributed by atoms with Crippen LogP contribution >= 0.6 is 0 Å². The number of aromatic nitrogens is 2. The van der Waals surface area contributed by atoms with Crippen molar-refractivity contribution >= 4 is 0 Å². The monoisotopic (exact) mass is 291 g/mol. The lowest BCUT2D eigenvalue weighted by atomic mass is 10.0. The molecule has 2 aromatic rings. The van der Waals surface area contributed by atoms with Crippen molar-refractivity contribution < 1.29 is 14.0 Å². The number of rotatable bonds is 7. The van der Waals surface area contributed by atoms with Crippen LogP contribution in [0.3, 0.4) is 0 Å². The molecule has 1 heterocycles. The van der Waals surface area contributed by atoms with E-state index in [9.17, 15) is 0 Å². The predicted molar refractivity (Wildman–Crippen MR) is 79.5 cm³/mol. The van der Waals surface area contributed by atoms with Gasteiger partial charge in [-0.25, -0.2) is 0 Å². The lowest BCUT2D eigenvalue weighted by molar-refractivity contribution is 0.347. The first-order valence-corrected chi connectivity index (χ1v) is 6.99. The first kappa shape index (κ1) is 15.3. The Morgan fingerprint density at radius 1 is 1.24 bits per heavy atom. The van der Waals surface area contributed by atoms with Crippen LogP contribution in [0.15, 0.2) is 22.7 Å². The Bertz CT molecular complexity index is 583. The van der Waals surface area contributed by atoms with Gasteiger partial charge in [-0.2, -0.15) is 4.98 Å². The van der Waals surface area contributed by atoms with Gasteiger partial charge in [0.05, 0.1) is 20.1 Å². The highest BCUT2D eigenvalue weighted by Gasteiger charge is 2.18. The van der Waals surface area contributed by atoms with Crippen LogP contribution in [-0.2, 0) is 0 Å². The van der Waals surface area contributed by atoms with Crippen LogP contribution in [0, 0.1) is 0 Å². The summed E-state index contributed by atoms with van der Waals surface area (Å²) in [5.41, 5.74) is 6.57. The van der Waals surface area contributed by atoms with Gasteiger partial charge in [-0.15, -0.1) is 0 Å². The molecule has 6 nitrogen and oxygen atoms in total. The van der Waals surface area contributed by atoms with Gasteiger partial charge >= 0.3 is 0 Å². The second-order valence-electron chi connectivity index (χ2n) is 4.75. The lowest BCUT2D eigenvalue weighted by Crippen LogP contribution is -2.12. The molecule has 2 N–H and O–H groups in total. The molecule has 1 atom stereocenters. The van der Waals surface area contributed by atoms with E-state index in [1.807, 2.05) is 18.2 Å². The molecule has 6 heteroatoms. The van der Waals surface area contributed by atoms with Crippen LogP contribution in [0.5, 0.6) is 11.5 Å². The first-order chi connectivity index (χ1) is 10.2. The van der Waals surface area contributed by atoms with Crippen molar-refractivity contribution in [2.45, 2.75) is 25.7 Å². The molecule has 0 aliphatic rings. The molecule has 1 unspecified atom stereocenters. The van der Waals surface area contributed by atoms with Crippen molar-refractivity contribution in [1.29, 1.82) is 0 Å². The van der Waals surface area contributed by atoms with E-state index >= 15 is 0 Å². The van der Waals surface area contributed by atoms with Crippen LogP contribution in [0.4, 0.5) is 0 Å². The Morgan fingerprint density at radius 2 is 2.00 bits per heavy atom. The highest BCUT2D eigenvalue weighted by atomic mass is 16.5. The fourth-order valence-corrected chi connectivity index (χ4v) is 2.18. The van der Waals surface area contributed by atoms with Gasteiger partial charge in [0.15, 0.2) is 11.5 Å². The molecular weight excluding hydrogens is 270 g/mol. The third kappa shape index (κ3) is 3.33. The fraction of sp³-hybridized carbons (Fsp3) is 0.467. The Kier molecular flexibility index (Phi) is 5.16. The summed E-state index contributed by atoms with van der Waals surface area (Å²) in [6.45, 7) is 2.61. The zero-order valence-corrected chi connectivity index (χ0v) is 12.6. The van der Waals surface area contributed by atoms with Gasteiger partial charge in [-0.05, 0) is 24.6 Å². The van der Waals surface area contributed by atoms with E-state index in [1.54, 1.807) is 14.2 Å². The summed E-state index contributed by atoms with van der Waals surface area (Å²) in [6, 6.07) is 5.51. The summed E-state index contributed by atoms with van der Waals surface area (Å²) in [5.74, 6) is 2.52. The maximum atomic E-state index is 5.76. The number of ether oxygens (including phenoxy) is 2. The van der Waals surface area contributed by atoms with Gasteiger partial charge in [0.25, 0.3) is 0 Å². The van der Waals surface area contributed by atoms with Gasteiger partial charge in [0.1, 0.15) is 0 Å². The van der Waals surface area contributed by atoms with Crippen LogP contribution in [-0.4, -0.2) is 30.9 Å². The number of nitrogens with two attached hydrogens (primary N) is 1. The summed E-state index contributed by atoms with van der Waals surface area (Å²) < 4.78 is 15.8. The highest BCUT2D eigenvalue weighted by Crippen LogP contribution is 2.31. The summed E-state index contributed by atoms with van der Waals surface area (Å²) >= 11 is 0. The Morgan fingerprint density at radius 3 is 2.62 bits per heavy atom. The zero-order valence-electron chi connectivity index (χ0n) is 12.6. The predicted octanol–water partition coefficient (Wildman–Crippen LogP) is 2.60. The maximum Gasteiger partial charge on any atom is 0.231 e. The molecule has 0 aliphatic heterocycles. The molecule has 0 aliphatic carbocycles. The van der Waals surface area contributed by atoms with Gasteiger partial charge < -0.3 is 19.7 Å². The molecule has 0 saturated carbocycles. The summed E-state index contributed by atoms with van der Waals surface area (Å²) in [5, 5.41) is 4.03. The van der Waals surface area contributed by atoms with Crippen molar-refractivity contribution in [3.63, 3.8) is 0 Å². The molecule has 0 spiro atoms. The Labute approximate surface area is 124 Å². The minimum Gasteiger partial charge on any atom is -0.493 e. The van der Waals surface area contributed by atoms with Crippen molar-refractivity contribution in [3.8, 4) is 22.9 Å². The molecule has 2 rings (SSSR count). The zero-order chi connectivity index (χ0) is 15.2. The van der Waals surface area contributed by atoms with E-state index in [2.05, 4.69) is 17.1 Å². The van der Waals surface area contributed by atoms with Gasteiger partial charge in [-0.1, -0.05) is 18.5 Å². The van der Waals surface area contributed by atoms with E-state index in [1.165, 1.54) is 0 Å². The molecule has 0 bridgehead atoms. The van der Waals surface area contributed by atoms with E-state index in [0.29, 0.717) is 29.8 Å². The molecule has 0 saturated heterocycles. The average molecular weight is 291 g/mol. The van der Waals surface area contributed by atoms with E-state index in [-0.39, 0.29) is 5.92 Å². The van der Waals surface area contributed by atoms with Crippen LogP contribution in [0.1, 0.15) is 31.6 Å². The van der Waals surface area contributed by atoms with Crippen molar-refractivity contribution in [3.05, 3.63) is 24.1 Å². The average Bonchev–Trinajstić information content (AvgIpc) is 3.01. The van der Waals surface area contributed by atoms with Crippen molar-refractivity contribution in [1.82, 2.24) is 10.1 Å². The third-order valence-electron chi connectivity index (χ3n) is 3.35. The maximum absolute atomic E-state index is 5.76. The molecule has 1 aromatic carbocycles. The number of nitrogens with zero attached hydrogens (tertiary/aromatic N) is 2. The summed E-state index contributed by atoms with van der Waals surface area (Å²) in [4.78, 5) is 4.45. The van der Waals surface area contributed by atoms with Crippen molar-refractivity contribution in [2.75, 3.05) is 20.8 Å². The molecular formula is C15H21N3O3. The molecule has 0 fully saturated rings. The number of hydrogen-bond donors (Lipinski definition) is 1. The largest absolute Gasteiger partial charge is 0.493 e. The Hall–Kier alpha value is -2.08. The highest BCUT2D eigenvalue weighted by molar-refractivity contribution is 5.60. The minimum atomic E-state index is 0.108. The lowest BCUT2D eigenvalue weighted by Gasteiger charge is -2.08. The van der Waals surface area contributed by atoms with Crippen LogP contribution < -0.4 is 15.2 Å². The van der Waals surface area contributed by atoms with E-state index in [0.717, 1.165) is 18.4 Å². The smallest absolute Gasteiger partial charge is 0.231 e. The SMILES string of the molecule is CCCC(CN)c1nc(-c2ccc(OC)c(OC)c2)no1. The van der Waals surface area contributed by atoms with E-state index < -0.39 is 0 Å². The number of hydrogen-bond acceptors (Lipinski definition) is 6. The summed E-state index contributed by atoms with van der Waals surface area (Å²) in [6.07, 6.45) is 1.96. The topological polar surface area (TPSA) is 83.4 Å². The minimum absolute atomic E-state index is 0.108. The molecule has 21 heavy (non-hydrogen) atoms. The van der Waals surface area contributed by atoms with Crippen molar-refractivity contribution in [2.24, 2.45) is 5.73 Å². The normalized spacial score (nSPS) is 12.2. The van der Waals surface area contributed by atoms with Crippen LogP contribution in [0.2, 0.25) is 0 Å². The van der Waals surface area contributed by atoms with Gasteiger partial charge in [-0.3, -0.25) is 0 Å². The van der Waals surface area contributed by atoms with E-state index in [4.69, 9.17) is 19.7 Å². The molecule has 0 amide bonds. The van der Waals surface area contributed by atoms with Gasteiger partial charge in [0.2, 0.25) is 11.7 Å². The second kappa shape index (κ2) is 7.08. The standard InChI is InChI=1S/C15H21N3O3/c1-4-5-11(9-16)15-17-14(18-21-15)10-6-7-12(19-2)13(8-10)20-3/h6-8,11H,4-5,9,16H2,1-3H3. The first-order valence-electron chi connectivity index (χ1n) is 6.99. The fourth-order valence-electron chi connectivity index (χ4n) is 2.18. The second-order valence-corrected chi connectivity index (χ2v) is 4.75. The third-order valence-corrected chi connectivity index (χ3v) is 3.35.